The number of nitriles is 2. The number of benzene rings is 1. The van der Waals surface area contributed by atoms with Crippen molar-refractivity contribution in [3.8, 4) is 17.9 Å². The number of aromatic nitrogens is 4. The number of carbonyl (C=O) groups excluding carboxylic acids is 2. The third-order valence-electron chi connectivity index (χ3n) is 5.83. The highest BCUT2D eigenvalue weighted by molar-refractivity contribution is 8.10. The van der Waals surface area contributed by atoms with Crippen LogP contribution in [0.1, 0.15) is 17.5 Å². The van der Waals surface area contributed by atoms with Gasteiger partial charge >= 0.3 is 11.9 Å². The molecule has 13 heteroatoms. The maximum Gasteiger partial charge on any atom is 0.506 e. The maximum absolute atomic E-state index is 14.2. The number of urea groups is 1. The number of pyridine rings is 1. The molecule has 1 aromatic carbocycles. The van der Waals surface area contributed by atoms with Gasteiger partial charge in [-0.3, -0.25) is 4.98 Å². The van der Waals surface area contributed by atoms with Gasteiger partial charge in [0.15, 0.2) is 22.5 Å². The monoisotopic (exact) mass is 503 g/mol. The predicted octanol–water partition coefficient (Wildman–Crippen LogP) is 2.37. The number of aryl methyl sites for hydroxylation is 1. The van der Waals surface area contributed by atoms with Gasteiger partial charge in [0.25, 0.3) is 0 Å². The predicted molar refractivity (Wildman–Crippen MR) is 127 cm³/mol. The summed E-state index contributed by atoms with van der Waals surface area (Å²) < 4.78 is 22.1. The zero-order valence-electron chi connectivity index (χ0n) is 19.0. The molecule has 0 aliphatic carbocycles. The Balaban J connectivity index is 1.65. The minimum absolute atomic E-state index is 0.0291. The van der Waals surface area contributed by atoms with Crippen LogP contribution >= 0.6 is 11.8 Å². The van der Waals surface area contributed by atoms with Crippen LogP contribution in [0.3, 0.4) is 0 Å². The highest BCUT2D eigenvalue weighted by Crippen LogP contribution is 2.43. The van der Waals surface area contributed by atoms with Crippen molar-refractivity contribution in [3.05, 3.63) is 47.5 Å². The first-order valence-corrected chi connectivity index (χ1v) is 11.5. The van der Waals surface area contributed by atoms with Crippen LogP contribution in [0.5, 0.6) is 5.75 Å². The summed E-state index contributed by atoms with van der Waals surface area (Å²) in [5.74, 6) is -1.27. The number of fused-ring (bicyclic) bond motifs is 2. The van der Waals surface area contributed by atoms with E-state index in [4.69, 9.17) is 4.74 Å². The number of ether oxygens (including phenoxy) is 1. The minimum Gasteiger partial charge on any atom is -0.494 e. The largest absolute Gasteiger partial charge is 0.506 e. The molecule has 0 N–H and O–H groups in total. The number of rotatable bonds is 5. The van der Waals surface area contributed by atoms with Crippen LogP contribution in [0.4, 0.5) is 14.9 Å². The number of methoxy groups -OCH3 is 1. The molecular formula is C23H16FN8O3S+. The van der Waals surface area contributed by atoms with Gasteiger partial charge in [0.2, 0.25) is 0 Å². The Kier molecular flexibility index (Phi) is 5.70. The minimum atomic E-state index is -0.851. The summed E-state index contributed by atoms with van der Waals surface area (Å²) in [5.41, 5.74) is 1.87. The van der Waals surface area contributed by atoms with Gasteiger partial charge in [-0.1, -0.05) is 5.21 Å². The molecule has 0 radical (unpaired) electrons. The van der Waals surface area contributed by atoms with Crippen LogP contribution in [0.15, 0.2) is 30.6 Å². The second kappa shape index (κ2) is 8.87. The van der Waals surface area contributed by atoms with Crippen molar-refractivity contribution >= 4 is 51.0 Å². The number of anilines is 1. The second-order valence-electron chi connectivity index (χ2n) is 7.83. The first kappa shape index (κ1) is 23.1. The number of allylic oxidation sites excluding steroid dienone is 1. The molecule has 0 spiro atoms. The molecule has 0 fully saturated rings. The molecule has 0 bridgehead atoms. The van der Waals surface area contributed by atoms with E-state index in [1.165, 1.54) is 34.8 Å². The molecule has 11 nitrogen and oxygen atoms in total. The summed E-state index contributed by atoms with van der Waals surface area (Å²) in [5, 5.41) is 25.9. The van der Waals surface area contributed by atoms with Crippen LogP contribution in [0.2, 0.25) is 0 Å². The highest BCUT2D eigenvalue weighted by Gasteiger charge is 2.52. The van der Waals surface area contributed by atoms with Gasteiger partial charge < -0.3 is 4.74 Å². The van der Waals surface area contributed by atoms with E-state index in [2.05, 4.69) is 15.3 Å². The Labute approximate surface area is 207 Å². The fraction of sp³-hybridized carbons (Fsp3) is 0.217. The van der Waals surface area contributed by atoms with E-state index >= 15 is 0 Å². The summed E-state index contributed by atoms with van der Waals surface area (Å²) in [7, 11) is 2.95. The van der Waals surface area contributed by atoms with E-state index in [1.54, 1.807) is 13.1 Å². The standard InChI is InChI=1S/C23H16FN8O3S/c1-30-20-15(28-29-30)10-27-11-17(20)32-22(33)21-16(31(23(32)34)5-3-4-25)8-19(36-21)13-7-18(35-2)14(24)6-12(13)9-26/h6-8,10-11,21H,3,5H2,1-2H3/q+1. The van der Waals surface area contributed by atoms with Crippen LogP contribution < -0.4 is 9.64 Å². The normalized spacial score (nSPS) is 17.2. The molecule has 3 amide bonds. The fourth-order valence-electron chi connectivity index (χ4n) is 4.19. The van der Waals surface area contributed by atoms with Gasteiger partial charge in [0, 0.05) is 17.5 Å². The zero-order chi connectivity index (χ0) is 25.6. The molecule has 2 aliphatic rings. The van der Waals surface area contributed by atoms with Crippen molar-refractivity contribution in [2.45, 2.75) is 11.7 Å². The first-order chi connectivity index (χ1) is 17.4. The van der Waals surface area contributed by atoms with Crippen LogP contribution in [0.25, 0.3) is 15.9 Å². The van der Waals surface area contributed by atoms with Crippen LogP contribution in [-0.4, -0.2) is 61.1 Å². The van der Waals surface area contributed by atoms with E-state index in [0.717, 1.165) is 22.7 Å². The van der Waals surface area contributed by atoms with E-state index < -0.39 is 23.0 Å². The lowest BCUT2D eigenvalue weighted by molar-refractivity contribution is -0.425. The van der Waals surface area contributed by atoms with E-state index in [9.17, 15) is 24.5 Å². The highest BCUT2D eigenvalue weighted by atomic mass is 32.2. The van der Waals surface area contributed by atoms with Crippen molar-refractivity contribution in [3.63, 3.8) is 0 Å². The molecule has 5 rings (SSSR count). The van der Waals surface area contributed by atoms with Gasteiger partial charge in [0.05, 0.1) is 43.6 Å². The Morgan fingerprint density at radius 2 is 2.08 bits per heavy atom. The lowest BCUT2D eigenvalue weighted by atomic mass is 10.0. The van der Waals surface area contributed by atoms with Gasteiger partial charge in [-0.05, 0) is 18.2 Å². The Bertz CT molecular complexity index is 1610. The van der Waals surface area contributed by atoms with E-state index in [0.29, 0.717) is 27.2 Å². The van der Waals surface area contributed by atoms with Gasteiger partial charge in [0.1, 0.15) is 23.3 Å². The SMILES string of the molecule is COc1cc(C2=CC3=[N+](CCC#N)C(=O)N(c4cncc5nnn(C)c45)C(=O)C3S2)c(C#N)cc1F. The average molecular weight is 503 g/mol. The van der Waals surface area contributed by atoms with E-state index in [1.807, 2.05) is 12.1 Å². The second-order valence-corrected chi connectivity index (χ2v) is 8.98. The number of nitrogens with zero attached hydrogens (tertiary/aromatic N) is 8. The summed E-state index contributed by atoms with van der Waals surface area (Å²) >= 11 is 1.13. The van der Waals surface area contributed by atoms with E-state index in [-0.39, 0.29) is 30.0 Å². The molecule has 178 valence electrons. The van der Waals surface area contributed by atoms with Gasteiger partial charge in [-0.15, -0.1) is 21.8 Å². The molecule has 4 heterocycles. The van der Waals surface area contributed by atoms with Crippen molar-refractivity contribution in [2.75, 3.05) is 18.6 Å². The molecule has 36 heavy (non-hydrogen) atoms. The number of thioether (sulfide) groups is 1. The molecule has 1 atom stereocenters. The summed E-state index contributed by atoms with van der Waals surface area (Å²) in [6.45, 7) is 0.0418. The molecular weight excluding hydrogens is 487 g/mol. The summed E-state index contributed by atoms with van der Waals surface area (Å²) in [6.07, 6.45) is 4.52. The van der Waals surface area contributed by atoms with Crippen LogP contribution in [-0.2, 0) is 11.8 Å². The zero-order valence-corrected chi connectivity index (χ0v) is 19.8. The Hall–Kier alpha value is -4.62. The third kappa shape index (κ3) is 3.49. The third-order valence-corrected chi connectivity index (χ3v) is 7.10. The van der Waals surface area contributed by atoms with Crippen molar-refractivity contribution in [1.29, 1.82) is 10.5 Å². The summed E-state index contributed by atoms with van der Waals surface area (Å²) in [6, 6.07) is 5.80. The van der Waals surface area contributed by atoms with Crippen molar-refractivity contribution < 1.29 is 23.3 Å². The molecule has 2 aliphatic heterocycles. The first-order valence-electron chi connectivity index (χ1n) is 10.6. The summed E-state index contributed by atoms with van der Waals surface area (Å²) in [4.78, 5) is 33.0. The molecule has 3 aromatic rings. The quantitative estimate of drug-likeness (QED) is 0.480. The fourth-order valence-corrected chi connectivity index (χ4v) is 5.45. The van der Waals surface area contributed by atoms with Crippen LogP contribution in [0, 0.1) is 28.5 Å². The Morgan fingerprint density at radius 3 is 2.81 bits per heavy atom. The number of carbonyl (C=O) groups is 2. The maximum atomic E-state index is 14.2. The lowest BCUT2D eigenvalue weighted by Crippen LogP contribution is -2.55. The van der Waals surface area contributed by atoms with Crippen molar-refractivity contribution in [2.24, 2.45) is 7.05 Å². The average Bonchev–Trinajstić information content (AvgIpc) is 3.49. The molecule has 0 saturated carbocycles. The van der Waals surface area contributed by atoms with Gasteiger partial charge in [-0.25, -0.2) is 13.9 Å². The smallest absolute Gasteiger partial charge is 0.494 e. The number of hydrogen-bond acceptors (Lipinski definition) is 9. The number of imide groups is 1. The van der Waals surface area contributed by atoms with Gasteiger partial charge in [-0.2, -0.15) is 19.9 Å². The number of hydrogen-bond donors (Lipinski definition) is 0. The topological polar surface area (TPSA) is 141 Å². The number of halogens is 1. The molecule has 2 aromatic heterocycles. The van der Waals surface area contributed by atoms with Crippen molar-refractivity contribution in [1.82, 2.24) is 20.0 Å². The molecule has 1 unspecified atom stereocenters. The Morgan fingerprint density at radius 1 is 1.28 bits per heavy atom. The molecule has 0 saturated heterocycles. The lowest BCUT2D eigenvalue weighted by Gasteiger charge is -2.24. The number of amides is 3.